The van der Waals surface area contributed by atoms with Crippen LogP contribution in [0.15, 0.2) is 16.5 Å². The number of rotatable bonds is 5. The molecule has 1 heterocycles. The molecule has 0 aliphatic carbocycles. The number of carbonyl (C=O) groups is 1. The molecule has 1 aromatic rings. The highest BCUT2D eigenvalue weighted by Crippen LogP contribution is 2.10. The van der Waals surface area contributed by atoms with Crippen LogP contribution in [0.4, 0.5) is 0 Å². The third-order valence-electron chi connectivity index (χ3n) is 1.74. The standard InChI is InChI=1S/C9H13NO4/c1-13-5-7-3-2-6(14-7)4-8(10)9(11)12/h2-3,8H,4-5,10H2,1H3,(H,11,12). The molecule has 78 valence electrons. The summed E-state index contributed by atoms with van der Waals surface area (Å²) in [5, 5.41) is 8.56. The van der Waals surface area contributed by atoms with Crippen molar-refractivity contribution in [3.05, 3.63) is 23.7 Å². The highest BCUT2D eigenvalue weighted by atomic mass is 16.5. The Kier molecular flexibility index (Phi) is 3.67. The fourth-order valence-electron chi connectivity index (χ4n) is 1.06. The zero-order chi connectivity index (χ0) is 10.6. The number of hydrogen-bond donors (Lipinski definition) is 2. The number of aliphatic carboxylic acids is 1. The van der Waals surface area contributed by atoms with Gasteiger partial charge in [-0.3, -0.25) is 4.79 Å². The van der Waals surface area contributed by atoms with Crippen molar-refractivity contribution in [2.24, 2.45) is 5.73 Å². The Morgan fingerprint density at radius 3 is 2.86 bits per heavy atom. The van der Waals surface area contributed by atoms with Crippen molar-refractivity contribution in [1.29, 1.82) is 0 Å². The molecular formula is C9H13NO4. The Morgan fingerprint density at radius 2 is 2.29 bits per heavy atom. The van der Waals surface area contributed by atoms with Crippen LogP contribution in [-0.2, 0) is 22.6 Å². The lowest BCUT2D eigenvalue weighted by molar-refractivity contribution is -0.138. The van der Waals surface area contributed by atoms with Crippen molar-refractivity contribution in [1.82, 2.24) is 0 Å². The molecule has 1 atom stereocenters. The maximum atomic E-state index is 10.4. The van der Waals surface area contributed by atoms with Crippen LogP contribution in [0.2, 0.25) is 0 Å². The van der Waals surface area contributed by atoms with Gasteiger partial charge in [0.1, 0.15) is 24.2 Å². The Bertz CT molecular complexity index is 308. The molecule has 0 spiro atoms. The summed E-state index contributed by atoms with van der Waals surface area (Å²) in [7, 11) is 1.56. The van der Waals surface area contributed by atoms with Gasteiger partial charge in [0.15, 0.2) is 0 Å². The smallest absolute Gasteiger partial charge is 0.320 e. The molecule has 14 heavy (non-hydrogen) atoms. The number of ether oxygens (including phenoxy) is 1. The Morgan fingerprint density at radius 1 is 1.64 bits per heavy atom. The molecule has 0 saturated carbocycles. The zero-order valence-corrected chi connectivity index (χ0v) is 7.90. The summed E-state index contributed by atoms with van der Waals surface area (Å²) in [4.78, 5) is 10.4. The molecule has 0 aliphatic rings. The van der Waals surface area contributed by atoms with Gasteiger partial charge in [-0.05, 0) is 12.1 Å². The van der Waals surface area contributed by atoms with Gasteiger partial charge in [-0.2, -0.15) is 0 Å². The molecule has 5 nitrogen and oxygen atoms in total. The van der Waals surface area contributed by atoms with Gasteiger partial charge in [0.05, 0.1) is 0 Å². The summed E-state index contributed by atoms with van der Waals surface area (Å²) in [5.74, 6) is 0.196. The van der Waals surface area contributed by atoms with E-state index in [4.69, 9.17) is 20.0 Å². The number of hydrogen-bond acceptors (Lipinski definition) is 4. The van der Waals surface area contributed by atoms with Crippen LogP contribution in [0.25, 0.3) is 0 Å². The van der Waals surface area contributed by atoms with Gasteiger partial charge in [0, 0.05) is 13.5 Å². The summed E-state index contributed by atoms with van der Waals surface area (Å²) in [6, 6.07) is 2.53. The van der Waals surface area contributed by atoms with Gasteiger partial charge in [-0.25, -0.2) is 0 Å². The molecule has 0 saturated heterocycles. The molecule has 0 radical (unpaired) electrons. The second-order valence-electron chi connectivity index (χ2n) is 2.95. The van der Waals surface area contributed by atoms with Gasteiger partial charge in [-0.15, -0.1) is 0 Å². The van der Waals surface area contributed by atoms with E-state index in [-0.39, 0.29) is 6.42 Å². The maximum Gasteiger partial charge on any atom is 0.320 e. The molecule has 0 aromatic carbocycles. The fourth-order valence-corrected chi connectivity index (χ4v) is 1.06. The van der Waals surface area contributed by atoms with Gasteiger partial charge < -0.3 is 20.0 Å². The molecule has 1 rings (SSSR count). The minimum Gasteiger partial charge on any atom is -0.480 e. The van der Waals surface area contributed by atoms with E-state index in [2.05, 4.69) is 0 Å². The minimum absolute atomic E-state index is 0.193. The number of methoxy groups -OCH3 is 1. The third kappa shape index (κ3) is 2.86. The van der Waals surface area contributed by atoms with Crippen LogP contribution in [0, 0.1) is 0 Å². The van der Waals surface area contributed by atoms with E-state index in [1.165, 1.54) is 0 Å². The summed E-state index contributed by atoms with van der Waals surface area (Å²) >= 11 is 0. The van der Waals surface area contributed by atoms with Crippen molar-refractivity contribution < 1.29 is 19.1 Å². The second-order valence-corrected chi connectivity index (χ2v) is 2.95. The summed E-state index contributed by atoms with van der Waals surface area (Å²) < 4.78 is 10.1. The van der Waals surface area contributed by atoms with E-state index in [1.54, 1.807) is 19.2 Å². The monoisotopic (exact) mass is 199 g/mol. The zero-order valence-electron chi connectivity index (χ0n) is 7.90. The Hall–Kier alpha value is -1.33. The van der Waals surface area contributed by atoms with Crippen LogP contribution in [0.1, 0.15) is 11.5 Å². The summed E-state index contributed by atoms with van der Waals surface area (Å²) in [5.41, 5.74) is 5.34. The first-order valence-electron chi connectivity index (χ1n) is 4.18. The van der Waals surface area contributed by atoms with Crippen molar-refractivity contribution in [3.8, 4) is 0 Å². The van der Waals surface area contributed by atoms with Gasteiger partial charge >= 0.3 is 5.97 Å². The van der Waals surface area contributed by atoms with E-state index in [9.17, 15) is 4.79 Å². The summed E-state index contributed by atoms with van der Waals surface area (Å²) in [6.45, 7) is 0.377. The third-order valence-corrected chi connectivity index (χ3v) is 1.74. The lowest BCUT2D eigenvalue weighted by Gasteiger charge is -2.02. The minimum atomic E-state index is -1.03. The number of nitrogens with two attached hydrogens (primary N) is 1. The fraction of sp³-hybridized carbons (Fsp3) is 0.444. The molecule has 5 heteroatoms. The first kappa shape index (κ1) is 10.7. The topological polar surface area (TPSA) is 85.7 Å². The van der Waals surface area contributed by atoms with Crippen LogP contribution >= 0.6 is 0 Å². The Balaban J connectivity index is 2.55. The number of carboxylic acid groups (broad SMARTS) is 1. The molecule has 1 aromatic heterocycles. The average Bonchev–Trinajstić information content (AvgIpc) is 2.53. The van der Waals surface area contributed by atoms with Crippen molar-refractivity contribution >= 4 is 5.97 Å². The largest absolute Gasteiger partial charge is 0.480 e. The van der Waals surface area contributed by atoms with Crippen molar-refractivity contribution in [2.75, 3.05) is 7.11 Å². The van der Waals surface area contributed by atoms with E-state index in [1.807, 2.05) is 0 Å². The predicted octanol–water partition coefficient (Wildman–Crippen LogP) is 0.380. The average molecular weight is 199 g/mol. The normalized spacial score (nSPS) is 12.7. The Labute approximate surface area is 81.5 Å². The molecular weight excluding hydrogens is 186 g/mol. The molecule has 0 aliphatic heterocycles. The first-order chi connectivity index (χ1) is 6.63. The van der Waals surface area contributed by atoms with Crippen LogP contribution in [0.5, 0.6) is 0 Å². The quantitative estimate of drug-likeness (QED) is 0.716. The van der Waals surface area contributed by atoms with Crippen LogP contribution < -0.4 is 5.73 Å². The van der Waals surface area contributed by atoms with E-state index >= 15 is 0 Å². The van der Waals surface area contributed by atoms with Gasteiger partial charge in [0.2, 0.25) is 0 Å². The summed E-state index contributed by atoms with van der Waals surface area (Å²) in [6.07, 6.45) is 0.193. The molecule has 3 N–H and O–H groups in total. The van der Waals surface area contributed by atoms with Crippen LogP contribution in [-0.4, -0.2) is 24.2 Å². The van der Waals surface area contributed by atoms with Gasteiger partial charge in [-0.1, -0.05) is 0 Å². The second kappa shape index (κ2) is 4.78. The molecule has 1 unspecified atom stereocenters. The molecule has 0 bridgehead atoms. The van der Waals surface area contributed by atoms with Crippen molar-refractivity contribution in [2.45, 2.75) is 19.1 Å². The SMILES string of the molecule is COCc1ccc(CC(N)C(=O)O)o1. The van der Waals surface area contributed by atoms with E-state index in [0.29, 0.717) is 18.1 Å². The van der Waals surface area contributed by atoms with Crippen LogP contribution in [0.3, 0.4) is 0 Å². The first-order valence-corrected chi connectivity index (χ1v) is 4.18. The lowest BCUT2D eigenvalue weighted by atomic mass is 10.2. The number of carboxylic acids is 1. The molecule has 0 fully saturated rings. The predicted molar refractivity (Wildman–Crippen MR) is 48.7 cm³/mol. The highest BCUT2D eigenvalue weighted by molar-refractivity contribution is 5.73. The highest BCUT2D eigenvalue weighted by Gasteiger charge is 2.14. The molecule has 0 amide bonds. The van der Waals surface area contributed by atoms with Gasteiger partial charge in [0.25, 0.3) is 0 Å². The van der Waals surface area contributed by atoms with E-state index in [0.717, 1.165) is 0 Å². The van der Waals surface area contributed by atoms with E-state index < -0.39 is 12.0 Å². The lowest BCUT2D eigenvalue weighted by Crippen LogP contribution is -2.32. The number of furan rings is 1. The maximum absolute atomic E-state index is 10.4. The van der Waals surface area contributed by atoms with Crippen molar-refractivity contribution in [3.63, 3.8) is 0 Å².